The Morgan fingerprint density at radius 3 is 2.32 bits per heavy atom. The number of rotatable bonds is 7. The smallest absolute Gasteiger partial charge is 0.303 e. The molecule has 1 rings (SSSR count). The summed E-state index contributed by atoms with van der Waals surface area (Å²) < 4.78 is 0. The van der Waals surface area contributed by atoms with Crippen LogP contribution in [-0.2, 0) is 17.0 Å². The Labute approximate surface area is 119 Å². The molecule has 1 aromatic heterocycles. The van der Waals surface area contributed by atoms with Crippen molar-refractivity contribution in [2.24, 2.45) is 5.92 Å². The lowest BCUT2D eigenvalue weighted by Crippen LogP contribution is -2.07. The lowest BCUT2D eigenvalue weighted by Gasteiger charge is -2.10. The molecule has 19 heavy (non-hydrogen) atoms. The van der Waals surface area contributed by atoms with Gasteiger partial charge in [0.05, 0.1) is 5.75 Å². The maximum atomic E-state index is 10.6. The highest BCUT2D eigenvalue weighted by molar-refractivity contribution is 7.98. The van der Waals surface area contributed by atoms with Crippen LogP contribution in [0, 0.1) is 19.8 Å². The molecule has 0 aromatic carbocycles. The average molecular weight is 282 g/mol. The van der Waals surface area contributed by atoms with E-state index in [9.17, 15) is 4.79 Å². The molecule has 5 heteroatoms. The van der Waals surface area contributed by atoms with Crippen molar-refractivity contribution in [1.82, 2.24) is 9.97 Å². The molecular weight excluding hydrogens is 260 g/mol. The highest BCUT2D eigenvalue weighted by Crippen LogP contribution is 2.17. The first kappa shape index (κ1) is 16.0. The van der Waals surface area contributed by atoms with Crippen LogP contribution in [0.15, 0.2) is 0 Å². The summed E-state index contributed by atoms with van der Waals surface area (Å²) in [7, 11) is 0. The Hall–Kier alpha value is -1.10. The minimum absolute atomic E-state index is 0.131. The second-order valence-electron chi connectivity index (χ2n) is 5.09. The van der Waals surface area contributed by atoms with Gasteiger partial charge in [0.25, 0.3) is 0 Å². The first-order chi connectivity index (χ1) is 8.90. The van der Waals surface area contributed by atoms with E-state index in [2.05, 4.69) is 23.8 Å². The Kier molecular flexibility index (Phi) is 6.28. The van der Waals surface area contributed by atoms with E-state index in [1.165, 1.54) is 0 Å². The number of aliphatic carboxylic acids is 1. The lowest BCUT2D eigenvalue weighted by molar-refractivity contribution is -0.136. The van der Waals surface area contributed by atoms with E-state index in [4.69, 9.17) is 5.11 Å². The molecule has 0 bridgehead atoms. The van der Waals surface area contributed by atoms with Gasteiger partial charge in [-0.05, 0) is 37.5 Å². The van der Waals surface area contributed by atoms with Gasteiger partial charge in [-0.15, -0.1) is 0 Å². The zero-order valence-corrected chi connectivity index (χ0v) is 12.9. The van der Waals surface area contributed by atoms with Crippen LogP contribution in [0.3, 0.4) is 0 Å². The maximum absolute atomic E-state index is 10.6. The first-order valence-electron chi connectivity index (χ1n) is 6.52. The van der Waals surface area contributed by atoms with Crippen LogP contribution >= 0.6 is 11.8 Å². The first-order valence-corrected chi connectivity index (χ1v) is 7.68. The van der Waals surface area contributed by atoms with Crippen molar-refractivity contribution in [2.75, 3.05) is 5.75 Å². The van der Waals surface area contributed by atoms with Gasteiger partial charge in [-0.1, -0.05) is 13.8 Å². The Bertz CT molecular complexity index is 424. The maximum Gasteiger partial charge on any atom is 0.303 e. The molecular formula is C14H22N2O2S. The third-order valence-electron chi connectivity index (χ3n) is 2.74. The number of carboxylic acids is 1. The zero-order chi connectivity index (χ0) is 14.4. The van der Waals surface area contributed by atoms with E-state index in [1.54, 1.807) is 0 Å². The molecule has 4 nitrogen and oxygen atoms in total. The predicted octanol–water partition coefficient (Wildman–Crippen LogP) is 3.00. The molecule has 1 heterocycles. The lowest BCUT2D eigenvalue weighted by atomic mass is 10.1. The predicted molar refractivity (Wildman–Crippen MR) is 78.5 cm³/mol. The summed E-state index contributed by atoms with van der Waals surface area (Å²) >= 11 is 1.84. The van der Waals surface area contributed by atoms with Gasteiger partial charge in [0, 0.05) is 17.8 Å². The SMILES string of the molecule is Cc1nc(CSCC(C)C)nc(C)c1CCC(=O)O. The number of nitrogens with zero attached hydrogens (tertiary/aromatic N) is 2. The summed E-state index contributed by atoms with van der Waals surface area (Å²) in [6.07, 6.45) is 0.638. The highest BCUT2D eigenvalue weighted by atomic mass is 32.2. The fourth-order valence-corrected chi connectivity index (χ4v) is 2.75. The molecule has 1 N–H and O–H groups in total. The Balaban J connectivity index is 2.70. The van der Waals surface area contributed by atoms with Gasteiger partial charge in [0.2, 0.25) is 0 Å². The standard InChI is InChI=1S/C14H22N2O2S/c1-9(2)7-19-8-13-15-10(3)12(11(4)16-13)5-6-14(17)18/h9H,5-8H2,1-4H3,(H,17,18). The molecule has 0 aliphatic carbocycles. The molecule has 0 amide bonds. The number of carbonyl (C=O) groups is 1. The molecule has 1 aromatic rings. The summed E-state index contributed by atoms with van der Waals surface area (Å²) in [6.45, 7) is 8.25. The van der Waals surface area contributed by atoms with Crippen molar-refractivity contribution in [3.63, 3.8) is 0 Å². The monoisotopic (exact) mass is 282 g/mol. The summed E-state index contributed by atoms with van der Waals surface area (Å²) in [4.78, 5) is 19.6. The van der Waals surface area contributed by atoms with Crippen molar-refractivity contribution >= 4 is 17.7 Å². The van der Waals surface area contributed by atoms with Crippen LogP contribution in [0.4, 0.5) is 0 Å². The van der Waals surface area contributed by atoms with Gasteiger partial charge in [-0.2, -0.15) is 11.8 Å². The van der Waals surface area contributed by atoms with Crippen LogP contribution in [0.2, 0.25) is 0 Å². The Morgan fingerprint density at radius 2 is 1.84 bits per heavy atom. The minimum atomic E-state index is -0.782. The second-order valence-corrected chi connectivity index (χ2v) is 6.12. The topological polar surface area (TPSA) is 63.1 Å². The molecule has 0 radical (unpaired) electrons. The van der Waals surface area contributed by atoms with Gasteiger partial charge in [-0.25, -0.2) is 9.97 Å². The van der Waals surface area contributed by atoms with Gasteiger partial charge >= 0.3 is 5.97 Å². The molecule has 0 atom stereocenters. The van der Waals surface area contributed by atoms with Crippen molar-refractivity contribution in [1.29, 1.82) is 0 Å². The van der Waals surface area contributed by atoms with Crippen LogP contribution in [0.25, 0.3) is 0 Å². The molecule has 0 saturated heterocycles. The van der Waals surface area contributed by atoms with E-state index in [0.717, 1.165) is 34.3 Å². The quantitative estimate of drug-likeness (QED) is 0.833. The normalized spacial score (nSPS) is 11.0. The van der Waals surface area contributed by atoms with Crippen molar-refractivity contribution in [3.8, 4) is 0 Å². The van der Waals surface area contributed by atoms with E-state index in [0.29, 0.717) is 12.3 Å². The summed E-state index contributed by atoms with van der Waals surface area (Å²) in [5, 5.41) is 8.74. The van der Waals surface area contributed by atoms with Gasteiger partial charge in [0.15, 0.2) is 0 Å². The molecule has 0 aliphatic rings. The number of hydrogen-bond donors (Lipinski definition) is 1. The number of thioether (sulfide) groups is 1. The molecule has 0 fully saturated rings. The second kappa shape index (κ2) is 7.48. The van der Waals surface area contributed by atoms with Crippen molar-refractivity contribution in [2.45, 2.75) is 46.3 Å². The van der Waals surface area contributed by atoms with E-state index in [1.807, 2.05) is 25.6 Å². The van der Waals surface area contributed by atoms with Crippen LogP contribution in [0.1, 0.15) is 43.0 Å². The van der Waals surface area contributed by atoms with E-state index >= 15 is 0 Å². The number of hydrogen-bond acceptors (Lipinski definition) is 4. The third-order valence-corrected chi connectivity index (χ3v) is 4.10. The van der Waals surface area contributed by atoms with Gasteiger partial charge in [-0.3, -0.25) is 4.79 Å². The highest BCUT2D eigenvalue weighted by Gasteiger charge is 2.10. The Morgan fingerprint density at radius 1 is 1.26 bits per heavy atom. The van der Waals surface area contributed by atoms with Gasteiger partial charge in [0.1, 0.15) is 5.82 Å². The number of aryl methyl sites for hydroxylation is 2. The van der Waals surface area contributed by atoms with Crippen LogP contribution in [-0.4, -0.2) is 26.8 Å². The fourth-order valence-electron chi connectivity index (χ4n) is 1.85. The molecule has 106 valence electrons. The van der Waals surface area contributed by atoms with Crippen molar-refractivity contribution < 1.29 is 9.90 Å². The summed E-state index contributed by atoms with van der Waals surface area (Å²) in [5.74, 6) is 2.65. The molecule has 0 aliphatic heterocycles. The van der Waals surface area contributed by atoms with Crippen molar-refractivity contribution in [3.05, 3.63) is 22.8 Å². The van der Waals surface area contributed by atoms with Crippen LogP contribution < -0.4 is 0 Å². The summed E-state index contributed by atoms with van der Waals surface area (Å²) in [6, 6.07) is 0. The fraction of sp³-hybridized carbons (Fsp3) is 0.643. The van der Waals surface area contributed by atoms with Crippen LogP contribution in [0.5, 0.6) is 0 Å². The van der Waals surface area contributed by atoms with E-state index < -0.39 is 5.97 Å². The largest absolute Gasteiger partial charge is 0.481 e. The van der Waals surface area contributed by atoms with Gasteiger partial charge < -0.3 is 5.11 Å². The molecule has 0 unspecified atom stereocenters. The molecule has 0 saturated carbocycles. The van der Waals surface area contributed by atoms with E-state index in [-0.39, 0.29) is 6.42 Å². The average Bonchev–Trinajstić information content (AvgIpc) is 2.26. The molecule has 0 spiro atoms. The zero-order valence-electron chi connectivity index (χ0n) is 12.1. The summed E-state index contributed by atoms with van der Waals surface area (Å²) in [5.41, 5.74) is 2.79. The number of aromatic nitrogens is 2. The minimum Gasteiger partial charge on any atom is -0.481 e. The third kappa shape index (κ3) is 5.59. The number of carboxylic acid groups (broad SMARTS) is 1.